The van der Waals surface area contributed by atoms with Crippen molar-refractivity contribution in [2.24, 2.45) is 0 Å². The van der Waals surface area contributed by atoms with E-state index in [9.17, 15) is 5.26 Å². The second-order valence-electron chi connectivity index (χ2n) is 4.25. The zero-order valence-electron chi connectivity index (χ0n) is 10.2. The van der Waals surface area contributed by atoms with E-state index < -0.39 is 5.92 Å². The zero-order chi connectivity index (χ0) is 14.7. The van der Waals surface area contributed by atoms with E-state index in [1.807, 2.05) is 0 Å². The lowest BCUT2D eigenvalue weighted by molar-refractivity contribution is 0.850. The molecule has 0 saturated heterocycles. The van der Waals surface area contributed by atoms with Gasteiger partial charge in [-0.3, -0.25) is 0 Å². The first-order chi connectivity index (χ1) is 9.52. The summed E-state index contributed by atoms with van der Waals surface area (Å²) in [6, 6.07) is 12.6. The zero-order valence-corrected chi connectivity index (χ0v) is 13.2. The van der Waals surface area contributed by atoms with Gasteiger partial charge < -0.3 is 0 Å². The van der Waals surface area contributed by atoms with Crippen molar-refractivity contribution < 1.29 is 0 Å². The van der Waals surface area contributed by atoms with Gasteiger partial charge in [0.15, 0.2) is 0 Å². The normalized spacial score (nSPS) is 11.9. The van der Waals surface area contributed by atoms with Gasteiger partial charge in [0.2, 0.25) is 0 Å². The third kappa shape index (κ3) is 3.40. The fraction of sp³-hybridized carbons (Fsp3) is 0.133. The molecule has 1 nitrogen and oxygen atoms in total. The Labute approximate surface area is 137 Å². The van der Waals surface area contributed by atoms with Gasteiger partial charge in [-0.1, -0.05) is 58.5 Å². The van der Waals surface area contributed by atoms with Crippen LogP contribution in [0.15, 0.2) is 36.4 Å². The fourth-order valence-corrected chi connectivity index (χ4v) is 3.03. The van der Waals surface area contributed by atoms with Crippen LogP contribution in [0, 0.1) is 11.3 Å². The summed E-state index contributed by atoms with van der Waals surface area (Å²) in [4.78, 5) is 0. The van der Waals surface area contributed by atoms with Crippen molar-refractivity contribution >= 4 is 46.4 Å². The highest BCUT2D eigenvalue weighted by Crippen LogP contribution is 2.33. The fourth-order valence-electron chi connectivity index (χ4n) is 1.94. The summed E-state index contributed by atoms with van der Waals surface area (Å²) in [5.74, 6) is -0.433. The quantitative estimate of drug-likeness (QED) is 0.655. The third-order valence-corrected chi connectivity index (χ3v) is 4.23. The molecule has 0 N–H and O–H groups in total. The van der Waals surface area contributed by atoms with E-state index >= 15 is 0 Å². The monoisotopic (exact) mass is 343 g/mol. The number of rotatable bonds is 3. The van der Waals surface area contributed by atoms with Crippen LogP contribution in [0.1, 0.15) is 17.0 Å². The highest BCUT2D eigenvalue weighted by molar-refractivity contribution is 6.36. The van der Waals surface area contributed by atoms with Crippen LogP contribution < -0.4 is 0 Å². The number of hydrogen-bond acceptors (Lipinski definition) is 1. The molecule has 0 fully saturated rings. The largest absolute Gasteiger partial charge is 0.198 e. The van der Waals surface area contributed by atoms with Gasteiger partial charge in [0.25, 0.3) is 0 Å². The molecule has 2 rings (SSSR count). The molecule has 1 atom stereocenters. The van der Waals surface area contributed by atoms with E-state index in [4.69, 9.17) is 46.4 Å². The Balaban J connectivity index is 2.37. The molecule has 0 aromatic heterocycles. The van der Waals surface area contributed by atoms with Gasteiger partial charge in [0.05, 0.1) is 12.0 Å². The molecule has 5 heteroatoms. The molecule has 0 aliphatic carbocycles. The van der Waals surface area contributed by atoms with Crippen LogP contribution >= 0.6 is 46.4 Å². The summed E-state index contributed by atoms with van der Waals surface area (Å²) in [5, 5.41) is 11.5. The maximum atomic E-state index is 9.39. The molecule has 0 amide bonds. The van der Waals surface area contributed by atoms with Gasteiger partial charge >= 0.3 is 0 Å². The first kappa shape index (κ1) is 15.5. The average Bonchev–Trinajstić information content (AvgIpc) is 2.40. The lowest BCUT2D eigenvalue weighted by Crippen LogP contribution is -2.02. The Morgan fingerprint density at radius 2 is 1.60 bits per heavy atom. The number of halogens is 4. The SMILES string of the molecule is N#CC(Cc1c(Cl)cccc1Cl)c1ccc(Cl)cc1Cl. The van der Waals surface area contributed by atoms with Gasteiger partial charge in [-0.05, 0) is 41.8 Å². The van der Waals surface area contributed by atoms with Crippen molar-refractivity contribution in [1.82, 2.24) is 0 Å². The second kappa shape index (κ2) is 6.70. The number of benzene rings is 2. The first-order valence-electron chi connectivity index (χ1n) is 5.80. The van der Waals surface area contributed by atoms with E-state index in [1.54, 1.807) is 36.4 Å². The van der Waals surface area contributed by atoms with Crippen molar-refractivity contribution in [3.8, 4) is 6.07 Å². The maximum Gasteiger partial charge on any atom is 0.0768 e. The minimum absolute atomic E-state index is 0.399. The first-order valence-corrected chi connectivity index (χ1v) is 7.31. The molecule has 2 aromatic rings. The van der Waals surface area contributed by atoms with Crippen LogP contribution in [-0.4, -0.2) is 0 Å². The maximum absolute atomic E-state index is 9.39. The average molecular weight is 345 g/mol. The molecule has 0 spiro atoms. The summed E-state index contributed by atoms with van der Waals surface area (Å²) in [5.41, 5.74) is 1.46. The van der Waals surface area contributed by atoms with Crippen molar-refractivity contribution in [2.45, 2.75) is 12.3 Å². The van der Waals surface area contributed by atoms with Crippen LogP contribution in [0.25, 0.3) is 0 Å². The minimum Gasteiger partial charge on any atom is -0.198 e. The van der Waals surface area contributed by atoms with Crippen molar-refractivity contribution in [1.29, 1.82) is 5.26 Å². The van der Waals surface area contributed by atoms with Crippen LogP contribution in [0.2, 0.25) is 20.1 Å². The molecular formula is C15H9Cl4N. The standard InChI is InChI=1S/C15H9Cl4N/c16-10-4-5-11(15(19)7-10)9(8-20)6-12-13(17)2-1-3-14(12)18/h1-5,7,9H,6H2. The summed E-state index contributed by atoms with van der Waals surface area (Å²) in [6.07, 6.45) is 0.399. The van der Waals surface area contributed by atoms with Gasteiger partial charge in [0, 0.05) is 20.1 Å². The molecule has 1 unspecified atom stereocenters. The molecule has 20 heavy (non-hydrogen) atoms. The van der Waals surface area contributed by atoms with Gasteiger partial charge in [-0.15, -0.1) is 0 Å². The third-order valence-electron chi connectivity index (χ3n) is 2.96. The number of nitriles is 1. The van der Waals surface area contributed by atoms with E-state index in [0.717, 1.165) is 11.1 Å². The Hall–Kier alpha value is -0.910. The molecule has 0 bridgehead atoms. The topological polar surface area (TPSA) is 23.8 Å². The molecular weight excluding hydrogens is 336 g/mol. The van der Waals surface area contributed by atoms with E-state index in [1.165, 1.54) is 0 Å². The lowest BCUT2D eigenvalue weighted by Gasteiger charge is -2.14. The van der Waals surface area contributed by atoms with Crippen LogP contribution in [-0.2, 0) is 6.42 Å². The Bertz CT molecular complexity index is 656. The van der Waals surface area contributed by atoms with Gasteiger partial charge in [-0.2, -0.15) is 5.26 Å². The molecule has 0 aliphatic rings. The van der Waals surface area contributed by atoms with Crippen LogP contribution in [0.4, 0.5) is 0 Å². The molecule has 0 heterocycles. The second-order valence-corrected chi connectivity index (χ2v) is 5.91. The van der Waals surface area contributed by atoms with Crippen molar-refractivity contribution in [3.63, 3.8) is 0 Å². The predicted molar refractivity (Wildman–Crippen MR) is 85.0 cm³/mol. The molecule has 0 radical (unpaired) electrons. The van der Waals surface area contributed by atoms with Gasteiger partial charge in [0.1, 0.15) is 0 Å². The van der Waals surface area contributed by atoms with Gasteiger partial charge in [-0.25, -0.2) is 0 Å². The molecule has 0 aliphatic heterocycles. The molecule has 102 valence electrons. The Kier molecular flexibility index (Phi) is 5.18. The molecule has 0 saturated carbocycles. The summed E-state index contributed by atoms with van der Waals surface area (Å²) < 4.78 is 0. The van der Waals surface area contributed by atoms with Crippen LogP contribution in [0.5, 0.6) is 0 Å². The van der Waals surface area contributed by atoms with Crippen molar-refractivity contribution in [3.05, 3.63) is 67.6 Å². The van der Waals surface area contributed by atoms with E-state index in [2.05, 4.69) is 6.07 Å². The number of nitrogens with zero attached hydrogens (tertiary/aromatic N) is 1. The molecule has 2 aromatic carbocycles. The van der Waals surface area contributed by atoms with Crippen LogP contribution in [0.3, 0.4) is 0 Å². The Morgan fingerprint density at radius 3 is 2.15 bits per heavy atom. The minimum atomic E-state index is -0.433. The van der Waals surface area contributed by atoms with Crippen molar-refractivity contribution in [2.75, 3.05) is 0 Å². The Morgan fingerprint density at radius 1 is 0.950 bits per heavy atom. The smallest absolute Gasteiger partial charge is 0.0768 e. The number of hydrogen-bond donors (Lipinski definition) is 0. The lowest BCUT2D eigenvalue weighted by atomic mass is 9.93. The summed E-state index contributed by atoms with van der Waals surface area (Å²) in [6.45, 7) is 0. The van der Waals surface area contributed by atoms with E-state index in [-0.39, 0.29) is 0 Å². The summed E-state index contributed by atoms with van der Waals surface area (Å²) in [7, 11) is 0. The van der Waals surface area contributed by atoms with E-state index in [0.29, 0.717) is 26.5 Å². The predicted octanol–water partition coefficient (Wildman–Crippen LogP) is 6.15. The highest BCUT2D eigenvalue weighted by Gasteiger charge is 2.18. The highest BCUT2D eigenvalue weighted by atomic mass is 35.5. The summed E-state index contributed by atoms with van der Waals surface area (Å²) >= 11 is 24.3.